The van der Waals surface area contributed by atoms with Crippen LogP contribution < -0.4 is 0 Å². The summed E-state index contributed by atoms with van der Waals surface area (Å²) < 4.78 is 0. The molecule has 1 aliphatic carbocycles. The maximum Gasteiger partial charge on any atom is 0.310 e. The van der Waals surface area contributed by atoms with Crippen LogP contribution in [0.4, 0.5) is 0 Å². The Labute approximate surface area is 131 Å². The normalized spacial score (nSPS) is 27.8. The Morgan fingerprint density at radius 1 is 0.857 bits per heavy atom. The van der Waals surface area contributed by atoms with Crippen molar-refractivity contribution in [3.05, 3.63) is 0 Å². The van der Waals surface area contributed by atoms with Gasteiger partial charge in [0, 0.05) is 0 Å². The lowest BCUT2D eigenvalue weighted by molar-refractivity contribution is -0.145. The number of carbonyl (C=O) groups is 1. The molecular formula is C19H36O2. The van der Waals surface area contributed by atoms with Gasteiger partial charge in [0.15, 0.2) is 0 Å². The van der Waals surface area contributed by atoms with Crippen LogP contribution in [0.25, 0.3) is 0 Å². The van der Waals surface area contributed by atoms with Crippen LogP contribution in [-0.4, -0.2) is 11.1 Å². The molecule has 0 radical (unpaired) electrons. The maximum atomic E-state index is 11.5. The van der Waals surface area contributed by atoms with E-state index < -0.39 is 5.97 Å². The molecule has 0 bridgehead atoms. The first-order valence-electron chi connectivity index (χ1n) is 9.32. The minimum atomic E-state index is -0.553. The second kappa shape index (κ2) is 8.80. The summed E-state index contributed by atoms with van der Waals surface area (Å²) in [5.41, 5.74) is -0.267. The molecule has 1 saturated carbocycles. The van der Waals surface area contributed by atoms with Crippen LogP contribution in [-0.2, 0) is 4.79 Å². The van der Waals surface area contributed by atoms with Crippen LogP contribution in [0.2, 0.25) is 0 Å². The predicted octanol–water partition coefficient (Wildman–Crippen LogP) is 6.19. The fourth-order valence-electron chi connectivity index (χ4n) is 4.23. The van der Waals surface area contributed by atoms with Gasteiger partial charge in [-0.25, -0.2) is 0 Å². The third kappa shape index (κ3) is 4.47. The SMILES string of the molecule is CCCCCCCCCCCC1(CC)CC1(CC)C(=O)O. The molecule has 0 amide bonds. The molecule has 21 heavy (non-hydrogen) atoms. The third-order valence-corrected chi connectivity index (χ3v) is 5.98. The Morgan fingerprint density at radius 2 is 1.38 bits per heavy atom. The van der Waals surface area contributed by atoms with Gasteiger partial charge in [0.25, 0.3) is 0 Å². The fourth-order valence-corrected chi connectivity index (χ4v) is 4.23. The summed E-state index contributed by atoms with van der Waals surface area (Å²) in [4.78, 5) is 11.5. The summed E-state index contributed by atoms with van der Waals surface area (Å²) in [6, 6.07) is 0. The Kier molecular flexibility index (Phi) is 7.76. The predicted molar refractivity (Wildman–Crippen MR) is 89.5 cm³/mol. The largest absolute Gasteiger partial charge is 0.481 e. The summed E-state index contributed by atoms with van der Waals surface area (Å²) in [7, 11) is 0. The van der Waals surface area contributed by atoms with E-state index in [1.165, 1.54) is 57.8 Å². The van der Waals surface area contributed by atoms with Gasteiger partial charge >= 0.3 is 5.97 Å². The lowest BCUT2D eigenvalue weighted by atomic mass is 9.84. The first-order valence-corrected chi connectivity index (χ1v) is 9.32. The van der Waals surface area contributed by atoms with Gasteiger partial charge in [-0.2, -0.15) is 0 Å². The van der Waals surface area contributed by atoms with E-state index in [-0.39, 0.29) is 10.8 Å². The molecule has 0 aromatic carbocycles. The highest BCUT2D eigenvalue weighted by atomic mass is 16.4. The van der Waals surface area contributed by atoms with E-state index in [9.17, 15) is 9.90 Å². The van der Waals surface area contributed by atoms with E-state index in [2.05, 4.69) is 13.8 Å². The monoisotopic (exact) mass is 296 g/mol. The molecule has 0 aromatic rings. The molecule has 0 aromatic heterocycles. The van der Waals surface area contributed by atoms with Crippen molar-refractivity contribution in [2.45, 2.75) is 104 Å². The van der Waals surface area contributed by atoms with Crippen molar-refractivity contribution < 1.29 is 9.90 Å². The molecule has 1 fully saturated rings. The summed E-state index contributed by atoms with van der Waals surface area (Å²) in [6.07, 6.45) is 15.9. The Hall–Kier alpha value is -0.530. The third-order valence-electron chi connectivity index (χ3n) is 5.98. The quantitative estimate of drug-likeness (QED) is 0.411. The maximum absolute atomic E-state index is 11.5. The molecule has 1 rings (SSSR count). The van der Waals surface area contributed by atoms with Crippen molar-refractivity contribution in [3.63, 3.8) is 0 Å². The highest BCUT2D eigenvalue weighted by Gasteiger charge is 2.68. The number of aliphatic carboxylic acids is 1. The molecule has 1 aliphatic rings. The minimum Gasteiger partial charge on any atom is -0.481 e. The fraction of sp³-hybridized carbons (Fsp3) is 0.947. The van der Waals surface area contributed by atoms with Crippen LogP contribution in [0.3, 0.4) is 0 Å². The zero-order valence-electron chi connectivity index (χ0n) is 14.5. The van der Waals surface area contributed by atoms with E-state index in [0.717, 1.165) is 25.7 Å². The van der Waals surface area contributed by atoms with E-state index >= 15 is 0 Å². The molecule has 2 nitrogen and oxygen atoms in total. The number of unbranched alkanes of at least 4 members (excludes halogenated alkanes) is 8. The van der Waals surface area contributed by atoms with Gasteiger partial charge in [0.1, 0.15) is 0 Å². The lowest BCUT2D eigenvalue weighted by Crippen LogP contribution is -2.22. The number of hydrogen-bond acceptors (Lipinski definition) is 1. The van der Waals surface area contributed by atoms with Gasteiger partial charge in [-0.15, -0.1) is 0 Å². The van der Waals surface area contributed by atoms with Gasteiger partial charge in [-0.3, -0.25) is 4.79 Å². The second-order valence-electron chi connectivity index (χ2n) is 7.13. The van der Waals surface area contributed by atoms with Crippen molar-refractivity contribution in [1.82, 2.24) is 0 Å². The molecule has 2 heteroatoms. The average molecular weight is 296 g/mol. The summed E-state index contributed by atoms with van der Waals surface area (Å²) in [5, 5.41) is 9.51. The molecular weight excluding hydrogens is 260 g/mol. The van der Waals surface area contributed by atoms with Crippen LogP contribution in [0, 0.1) is 10.8 Å². The number of carboxylic acid groups (broad SMARTS) is 1. The van der Waals surface area contributed by atoms with E-state index in [4.69, 9.17) is 0 Å². The Bertz CT molecular complexity index is 313. The molecule has 0 aliphatic heterocycles. The van der Waals surface area contributed by atoms with Gasteiger partial charge in [-0.05, 0) is 31.1 Å². The average Bonchev–Trinajstić information content (AvgIpc) is 3.16. The summed E-state index contributed by atoms with van der Waals surface area (Å²) in [5.74, 6) is -0.553. The number of carboxylic acids is 1. The first kappa shape index (κ1) is 18.5. The molecule has 1 N–H and O–H groups in total. The van der Waals surface area contributed by atoms with E-state index in [1.807, 2.05) is 6.92 Å². The van der Waals surface area contributed by atoms with Crippen molar-refractivity contribution in [3.8, 4) is 0 Å². The zero-order valence-corrected chi connectivity index (χ0v) is 14.5. The van der Waals surface area contributed by atoms with Gasteiger partial charge in [0.05, 0.1) is 5.41 Å². The number of rotatable bonds is 13. The molecule has 0 spiro atoms. The Morgan fingerprint density at radius 3 is 1.76 bits per heavy atom. The standard InChI is InChI=1S/C19H36O2/c1-4-7-8-9-10-11-12-13-14-15-18(5-2)16-19(18,6-3)17(20)21/h4-16H2,1-3H3,(H,20,21). The topological polar surface area (TPSA) is 37.3 Å². The first-order chi connectivity index (χ1) is 10.1. The highest BCUT2D eigenvalue weighted by molar-refractivity contribution is 5.80. The second-order valence-corrected chi connectivity index (χ2v) is 7.13. The number of hydrogen-bond donors (Lipinski definition) is 1. The van der Waals surface area contributed by atoms with Crippen LogP contribution >= 0.6 is 0 Å². The highest BCUT2D eigenvalue weighted by Crippen LogP contribution is 2.70. The van der Waals surface area contributed by atoms with Crippen molar-refractivity contribution in [2.75, 3.05) is 0 Å². The van der Waals surface area contributed by atoms with Crippen molar-refractivity contribution >= 4 is 5.97 Å². The van der Waals surface area contributed by atoms with E-state index in [0.29, 0.717) is 0 Å². The van der Waals surface area contributed by atoms with Crippen LogP contribution in [0.5, 0.6) is 0 Å². The van der Waals surface area contributed by atoms with Crippen molar-refractivity contribution in [1.29, 1.82) is 0 Å². The summed E-state index contributed by atoms with van der Waals surface area (Å²) in [6.45, 7) is 6.48. The van der Waals surface area contributed by atoms with Crippen LogP contribution in [0.15, 0.2) is 0 Å². The van der Waals surface area contributed by atoms with Gasteiger partial charge in [-0.1, -0.05) is 78.6 Å². The molecule has 2 unspecified atom stereocenters. The van der Waals surface area contributed by atoms with Gasteiger partial charge < -0.3 is 5.11 Å². The minimum absolute atomic E-state index is 0.120. The summed E-state index contributed by atoms with van der Waals surface area (Å²) >= 11 is 0. The van der Waals surface area contributed by atoms with E-state index in [1.54, 1.807) is 0 Å². The zero-order chi connectivity index (χ0) is 15.8. The Balaban J connectivity index is 2.13. The molecule has 0 saturated heterocycles. The molecule has 0 heterocycles. The van der Waals surface area contributed by atoms with Gasteiger partial charge in [0.2, 0.25) is 0 Å². The molecule has 124 valence electrons. The van der Waals surface area contributed by atoms with Crippen LogP contribution in [0.1, 0.15) is 104 Å². The smallest absolute Gasteiger partial charge is 0.310 e. The van der Waals surface area contributed by atoms with Crippen molar-refractivity contribution in [2.24, 2.45) is 10.8 Å². The molecule has 2 atom stereocenters. The lowest BCUT2D eigenvalue weighted by Gasteiger charge is -2.20.